The van der Waals surface area contributed by atoms with Crippen LogP contribution in [0.4, 0.5) is 4.39 Å². The van der Waals surface area contributed by atoms with E-state index in [4.69, 9.17) is 11.6 Å². The Labute approximate surface area is 145 Å². The Hall–Kier alpha value is -1.92. The summed E-state index contributed by atoms with van der Waals surface area (Å²) in [4.78, 5) is 13.8. The van der Waals surface area contributed by atoms with Crippen molar-refractivity contribution in [3.8, 4) is 0 Å². The molecule has 0 atom stereocenters. The molecule has 0 fully saturated rings. The van der Waals surface area contributed by atoms with Crippen LogP contribution in [0, 0.1) is 5.82 Å². The molecule has 0 radical (unpaired) electrons. The molecule has 0 unspecified atom stereocenters. The van der Waals surface area contributed by atoms with Gasteiger partial charge in [0, 0.05) is 18.1 Å². The van der Waals surface area contributed by atoms with Crippen molar-refractivity contribution in [2.75, 3.05) is 12.3 Å². The first-order chi connectivity index (χ1) is 11.3. The Morgan fingerprint density at radius 2 is 1.83 bits per heavy atom. The van der Waals surface area contributed by atoms with E-state index in [1.165, 1.54) is 41.3 Å². The summed E-state index contributed by atoms with van der Waals surface area (Å²) < 4.78 is 37.9. The lowest BCUT2D eigenvalue weighted by Crippen LogP contribution is -2.35. The molecule has 128 valence electrons. The SMILES string of the molecule is CCN(Cc1cccc(F)c1)C(=O)CS(=O)(=O)c1ccc(Cl)cc1. The molecule has 0 saturated carbocycles. The van der Waals surface area contributed by atoms with Crippen molar-refractivity contribution >= 4 is 27.3 Å². The van der Waals surface area contributed by atoms with Gasteiger partial charge in [-0.25, -0.2) is 12.8 Å². The highest BCUT2D eigenvalue weighted by Gasteiger charge is 2.23. The molecule has 2 aromatic rings. The first kappa shape index (κ1) is 18.4. The number of hydrogen-bond acceptors (Lipinski definition) is 3. The van der Waals surface area contributed by atoms with Crippen molar-refractivity contribution in [2.45, 2.75) is 18.4 Å². The van der Waals surface area contributed by atoms with E-state index in [1.54, 1.807) is 19.1 Å². The van der Waals surface area contributed by atoms with Gasteiger partial charge in [0.1, 0.15) is 11.6 Å². The van der Waals surface area contributed by atoms with Crippen molar-refractivity contribution in [3.05, 3.63) is 64.9 Å². The second kappa shape index (κ2) is 7.77. The number of benzene rings is 2. The maximum Gasteiger partial charge on any atom is 0.238 e. The lowest BCUT2D eigenvalue weighted by molar-refractivity contribution is -0.128. The van der Waals surface area contributed by atoms with Gasteiger partial charge in [0.15, 0.2) is 9.84 Å². The predicted molar refractivity (Wildman–Crippen MR) is 91.0 cm³/mol. The van der Waals surface area contributed by atoms with Crippen molar-refractivity contribution in [2.24, 2.45) is 0 Å². The third-order valence-corrected chi connectivity index (χ3v) is 5.35. The average molecular weight is 370 g/mol. The second-order valence-electron chi connectivity index (χ2n) is 5.25. The molecule has 1 amide bonds. The highest BCUT2D eigenvalue weighted by molar-refractivity contribution is 7.92. The van der Waals surface area contributed by atoms with Gasteiger partial charge in [0.2, 0.25) is 5.91 Å². The summed E-state index contributed by atoms with van der Waals surface area (Å²) in [6, 6.07) is 11.5. The first-order valence-corrected chi connectivity index (χ1v) is 9.35. The summed E-state index contributed by atoms with van der Waals surface area (Å²) in [6.07, 6.45) is 0. The smallest absolute Gasteiger partial charge is 0.238 e. The molecule has 0 aliphatic rings. The van der Waals surface area contributed by atoms with Gasteiger partial charge >= 0.3 is 0 Å². The number of halogens is 2. The van der Waals surface area contributed by atoms with Crippen molar-refractivity contribution < 1.29 is 17.6 Å². The number of nitrogens with zero attached hydrogens (tertiary/aromatic N) is 1. The molecular weight excluding hydrogens is 353 g/mol. The van der Waals surface area contributed by atoms with E-state index in [1.807, 2.05) is 0 Å². The van der Waals surface area contributed by atoms with E-state index in [0.29, 0.717) is 17.1 Å². The van der Waals surface area contributed by atoms with Crippen LogP contribution in [0.2, 0.25) is 5.02 Å². The normalized spacial score (nSPS) is 11.3. The summed E-state index contributed by atoms with van der Waals surface area (Å²) in [5, 5.41) is 0.418. The van der Waals surface area contributed by atoms with Gasteiger partial charge in [0.05, 0.1) is 4.90 Å². The van der Waals surface area contributed by atoms with Gasteiger partial charge in [-0.15, -0.1) is 0 Å². The Kier molecular flexibility index (Phi) is 5.96. The third kappa shape index (κ3) is 4.79. The highest BCUT2D eigenvalue weighted by Crippen LogP contribution is 2.16. The third-order valence-electron chi connectivity index (χ3n) is 3.48. The molecule has 2 rings (SSSR count). The zero-order valence-corrected chi connectivity index (χ0v) is 14.6. The zero-order chi connectivity index (χ0) is 17.7. The van der Waals surface area contributed by atoms with E-state index in [9.17, 15) is 17.6 Å². The molecule has 2 aromatic carbocycles. The minimum absolute atomic E-state index is 0.0436. The molecule has 0 bridgehead atoms. The number of carbonyl (C=O) groups is 1. The van der Waals surface area contributed by atoms with Crippen LogP contribution in [-0.2, 0) is 21.2 Å². The Balaban J connectivity index is 2.12. The molecule has 4 nitrogen and oxygen atoms in total. The summed E-state index contributed by atoms with van der Waals surface area (Å²) in [5.41, 5.74) is 0.606. The van der Waals surface area contributed by atoms with Crippen molar-refractivity contribution in [1.29, 1.82) is 0 Å². The molecule has 0 aliphatic carbocycles. The minimum Gasteiger partial charge on any atom is -0.338 e. The fourth-order valence-electron chi connectivity index (χ4n) is 2.21. The van der Waals surface area contributed by atoms with E-state index in [-0.39, 0.29) is 11.4 Å². The van der Waals surface area contributed by atoms with Crippen LogP contribution in [-0.4, -0.2) is 31.5 Å². The summed E-state index contributed by atoms with van der Waals surface area (Å²) in [7, 11) is -3.76. The predicted octanol–water partition coefficient (Wildman–Crippen LogP) is 3.30. The van der Waals surface area contributed by atoms with Gasteiger partial charge in [0.25, 0.3) is 0 Å². The fourth-order valence-corrected chi connectivity index (χ4v) is 3.56. The molecular formula is C17H17ClFNO3S. The minimum atomic E-state index is -3.76. The van der Waals surface area contributed by atoms with E-state index in [0.717, 1.165) is 0 Å². The van der Waals surface area contributed by atoms with Crippen LogP contribution in [0.15, 0.2) is 53.4 Å². The second-order valence-corrected chi connectivity index (χ2v) is 7.68. The van der Waals surface area contributed by atoms with E-state index < -0.39 is 27.3 Å². The van der Waals surface area contributed by atoms with Crippen LogP contribution in [0.1, 0.15) is 12.5 Å². The molecule has 0 heterocycles. The number of amides is 1. The van der Waals surface area contributed by atoms with Gasteiger partial charge in [-0.1, -0.05) is 23.7 Å². The maximum absolute atomic E-state index is 13.2. The molecule has 0 aliphatic heterocycles. The topological polar surface area (TPSA) is 54.5 Å². The Bertz CT molecular complexity index is 822. The zero-order valence-electron chi connectivity index (χ0n) is 13.1. The van der Waals surface area contributed by atoms with Crippen LogP contribution < -0.4 is 0 Å². The van der Waals surface area contributed by atoms with Gasteiger partial charge in [-0.3, -0.25) is 4.79 Å². The van der Waals surface area contributed by atoms with Crippen LogP contribution in [0.25, 0.3) is 0 Å². The molecule has 24 heavy (non-hydrogen) atoms. The Morgan fingerprint density at radius 3 is 2.42 bits per heavy atom. The molecule has 7 heteroatoms. The van der Waals surface area contributed by atoms with E-state index >= 15 is 0 Å². The average Bonchev–Trinajstić information content (AvgIpc) is 2.52. The maximum atomic E-state index is 13.2. The number of rotatable bonds is 6. The van der Waals surface area contributed by atoms with Gasteiger partial charge < -0.3 is 4.90 Å². The summed E-state index contributed by atoms with van der Waals surface area (Å²) in [6.45, 7) is 2.22. The van der Waals surface area contributed by atoms with Crippen LogP contribution in [0.5, 0.6) is 0 Å². The fraction of sp³-hybridized carbons (Fsp3) is 0.235. The van der Waals surface area contributed by atoms with Crippen LogP contribution in [0.3, 0.4) is 0 Å². The number of hydrogen-bond donors (Lipinski definition) is 0. The van der Waals surface area contributed by atoms with Crippen molar-refractivity contribution in [3.63, 3.8) is 0 Å². The van der Waals surface area contributed by atoms with Gasteiger partial charge in [-0.2, -0.15) is 0 Å². The van der Waals surface area contributed by atoms with Crippen LogP contribution >= 0.6 is 11.6 Å². The largest absolute Gasteiger partial charge is 0.338 e. The molecule has 0 spiro atoms. The number of carbonyl (C=O) groups excluding carboxylic acids is 1. The first-order valence-electron chi connectivity index (χ1n) is 7.32. The van der Waals surface area contributed by atoms with E-state index in [2.05, 4.69) is 0 Å². The highest BCUT2D eigenvalue weighted by atomic mass is 35.5. The lowest BCUT2D eigenvalue weighted by Gasteiger charge is -2.21. The molecule has 0 aromatic heterocycles. The molecule has 0 saturated heterocycles. The summed E-state index contributed by atoms with van der Waals surface area (Å²) >= 11 is 5.74. The van der Waals surface area contributed by atoms with Gasteiger partial charge in [-0.05, 0) is 48.9 Å². The quantitative estimate of drug-likeness (QED) is 0.785. The van der Waals surface area contributed by atoms with Crippen molar-refractivity contribution in [1.82, 2.24) is 4.90 Å². The number of sulfone groups is 1. The monoisotopic (exact) mass is 369 g/mol. The Morgan fingerprint density at radius 1 is 1.17 bits per heavy atom. The lowest BCUT2D eigenvalue weighted by atomic mass is 10.2. The summed E-state index contributed by atoms with van der Waals surface area (Å²) in [5.74, 6) is -1.57. The standard InChI is InChI=1S/C17H17ClFNO3S/c1-2-20(11-13-4-3-5-15(19)10-13)17(21)12-24(22,23)16-8-6-14(18)7-9-16/h3-10H,2,11-12H2,1H3. The molecule has 0 N–H and O–H groups in total.